The van der Waals surface area contributed by atoms with Gasteiger partial charge in [0.25, 0.3) is 0 Å². The van der Waals surface area contributed by atoms with Gasteiger partial charge in [-0.2, -0.15) is 22.0 Å². The highest BCUT2D eigenvalue weighted by atomic mass is 35.5. The molecular formula is C4Cl2F6O. The summed E-state index contributed by atoms with van der Waals surface area (Å²) in [6.45, 7) is 0. The van der Waals surface area contributed by atoms with Crippen LogP contribution in [0, 0.1) is 0 Å². The van der Waals surface area contributed by atoms with E-state index in [1.165, 1.54) is 0 Å². The Kier molecular flexibility index (Phi) is 2.05. The van der Waals surface area contributed by atoms with Crippen molar-refractivity contribution >= 4 is 23.2 Å². The normalized spacial score (nSPS) is 33.2. The van der Waals surface area contributed by atoms with E-state index < -0.39 is 22.5 Å². The van der Waals surface area contributed by atoms with E-state index in [0.717, 1.165) is 0 Å². The summed E-state index contributed by atoms with van der Waals surface area (Å²) in [6.07, 6.45) is -4.78. The highest BCUT2D eigenvalue weighted by Gasteiger charge is 2.92. The summed E-state index contributed by atoms with van der Waals surface area (Å²) < 4.78 is 71.3. The molecule has 1 heterocycles. The monoisotopic (exact) mass is 248 g/mol. The first-order valence-corrected chi connectivity index (χ1v) is 3.43. The smallest absolute Gasteiger partial charge is 0.265 e. The third kappa shape index (κ3) is 1.28. The molecule has 0 spiro atoms. The van der Waals surface area contributed by atoms with E-state index in [2.05, 4.69) is 27.9 Å². The molecule has 0 saturated carbocycles. The van der Waals surface area contributed by atoms with Gasteiger partial charge in [-0.1, -0.05) is 23.2 Å². The minimum absolute atomic E-state index is 2.72. The van der Waals surface area contributed by atoms with Crippen molar-refractivity contribution in [2.45, 2.75) is 22.5 Å². The maximum Gasteiger partial charge on any atom is 0.424 e. The van der Waals surface area contributed by atoms with Crippen LogP contribution >= 0.6 is 23.2 Å². The van der Waals surface area contributed by atoms with Crippen molar-refractivity contribution < 1.29 is 31.1 Å². The van der Waals surface area contributed by atoms with Crippen LogP contribution in [0.3, 0.4) is 0 Å². The summed E-state index contributed by atoms with van der Waals surface area (Å²) in [5.41, 5.74) is 0. The molecule has 0 N–H and O–H groups in total. The van der Waals surface area contributed by atoms with Crippen LogP contribution in [0.4, 0.5) is 26.3 Å². The van der Waals surface area contributed by atoms with Crippen LogP contribution in [0.5, 0.6) is 0 Å². The van der Waals surface area contributed by atoms with Crippen molar-refractivity contribution in [3.8, 4) is 0 Å². The summed E-state index contributed by atoms with van der Waals surface area (Å²) in [5, 5.41) is 0. The first kappa shape index (κ1) is 11.2. The van der Waals surface area contributed by atoms with Crippen LogP contribution in [0.25, 0.3) is 0 Å². The molecular weight excluding hydrogens is 249 g/mol. The van der Waals surface area contributed by atoms with Crippen LogP contribution in [0.1, 0.15) is 0 Å². The number of hydrogen-bond acceptors (Lipinski definition) is 1. The largest absolute Gasteiger partial charge is 0.424 e. The minimum Gasteiger partial charge on any atom is -0.265 e. The van der Waals surface area contributed by atoms with Crippen LogP contribution in [0.15, 0.2) is 0 Å². The van der Waals surface area contributed by atoms with Gasteiger partial charge in [-0.05, 0) is 0 Å². The number of halogens is 8. The van der Waals surface area contributed by atoms with Crippen LogP contribution in [0.2, 0.25) is 0 Å². The first-order chi connectivity index (χ1) is 5.46. The molecule has 0 aromatic rings. The molecule has 1 saturated heterocycles. The Labute approximate surface area is 77.5 Å². The summed E-state index contributed by atoms with van der Waals surface area (Å²) in [5.74, 6) is -10.1. The first-order valence-electron chi connectivity index (χ1n) is 2.67. The lowest BCUT2D eigenvalue weighted by atomic mass is 10.2. The molecule has 0 bridgehead atoms. The van der Waals surface area contributed by atoms with Crippen molar-refractivity contribution in [2.75, 3.05) is 0 Å². The highest BCUT2D eigenvalue weighted by Crippen LogP contribution is 2.64. The van der Waals surface area contributed by atoms with E-state index in [1.54, 1.807) is 0 Å². The fourth-order valence-corrected chi connectivity index (χ4v) is 0.823. The van der Waals surface area contributed by atoms with Crippen molar-refractivity contribution in [3.63, 3.8) is 0 Å². The lowest BCUT2D eigenvalue weighted by molar-refractivity contribution is -0.175. The van der Waals surface area contributed by atoms with E-state index in [-0.39, 0.29) is 0 Å². The molecule has 0 amide bonds. The minimum atomic E-state index is -5.35. The number of alkyl halides is 8. The molecule has 0 aromatic heterocycles. The molecule has 78 valence electrons. The van der Waals surface area contributed by atoms with Crippen LogP contribution < -0.4 is 0 Å². The molecule has 1 atom stereocenters. The zero-order valence-electron chi connectivity index (χ0n) is 5.43. The molecule has 9 heteroatoms. The Hall–Kier alpha value is 0.120. The lowest BCUT2D eigenvalue weighted by Crippen LogP contribution is -2.48. The third-order valence-electron chi connectivity index (χ3n) is 1.36. The molecule has 1 rings (SSSR count). The van der Waals surface area contributed by atoms with Gasteiger partial charge in [0, 0.05) is 0 Å². The Morgan fingerprint density at radius 3 is 1.38 bits per heavy atom. The van der Waals surface area contributed by atoms with E-state index in [9.17, 15) is 26.3 Å². The zero-order chi connectivity index (χ0) is 10.7. The molecule has 13 heavy (non-hydrogen) atoms. The van der Waals surface area contributed by atoms with Gasteiger partial charge in [-0.25, -0.2) is 4.39 Å². The second-order valence-electron chi connectivity index (χ2n) is 2.29. The predicted molar refractivity (Wildman–Crippen MR) is 30.4 cm³/mol. The van der Waals surface area contributed by atoms with Crippen molar-refractivity contribution in [3.05, 3.63) is 0 Å². The Balaban J connectivity index is 2.97. The van der Waals surface area contributed by atoms with E-state index in [0.29, 0.717) is 0 Å². The SMILES string of the molecule is FC(Cl)(Cl)C(F)(F)C1(F)OC1(F)F. The second-order valence-corrected chi connectivity index (χ2v) is 3.52. The summed E-state index contributed by atoms with van der Waals surface area (Å²) >= 11 is 8.34. The van der Waals surface area contributed by atoms with Gasteiger partial charge >= 0.3 is 22.5 Å². The zero-order valence-corrected chi connectivity index (χ0v) is 6.94. The van der Waals surface area contributed by atoms with Gasteiger partial charge in [0.15, 0.2) is 0 Å². The topological polar surface area (TPSA) is 12.5 Å². The molecule has 0 aromatic carbocycles. The van der Waals surface area contributed by atoms with Crippen molar-refractivity contribution in [1.82, 2.24) is 0 Å². The quantitative estimate of drug-likeness (QED) is 0.416. The summed E-state index contributed by atoms with van der Waals surface area (Å²) in [6, 6.07) is 0. The fraction of sp³-hybridized carbons (Fsp3) is 1.00. The van der Waals surface area contributed by atoms with E-state index >= 15 is 0 Å². The second kappa shape index (κ2) is 2.38. The average Bonchev–Trinajstić information content (AvgIpc) is 2.31. The third-order valence-corrected chi connectivity index (χ3v) is 1.84. The van der Waals surface area contributed by atoms with Gasteiger partial charge in [0.05, 0.1) is 0 Å². The summed E-state index contributed by atoms with van der Waals surface area (Å²) in [7, 11) is 0. The maximum absolute atomic E-state index is 12.4. The van der Waals surface area contributed by atoms with Gasteiger partial charge < -0.3 is 0 Å². The van der Waals surface area contributed by atoms with Crippen molar-refractivity contribution in [2.24, 2.45) is 0 Å². The van der Waals surface area contributed by atoms with Gasteiger partial charge in [0.1, 0.15) is 0 Å². The molecule has 1 unspecified atom stereocenters. The molecule has 1 fully saturated rings. The number of ether oxygens (including phenoxy) is 1. The van der Waals surface area contributed by atoms with Crippen molar-refractivity contribution in [1.29, 1.82) is 0 Å². The number of rotatable bonds is 2. The number of hydrogen-bond donors (Lipinski definition) is 0. The number of epoxide rings is 1. The highest BCUT2D eigenvalue weighted by molar-refractivity contribution is 6.47. The van der Waals surface area contributed by atoms with Gasteiger partial charge in [-0.15, -0.1) is 0 Å². The summed E-state index contributed by atoms with van der Waals surface area (Å²) in [4.78, 5) is 0. The molecule has 1 nitrogen and oxygen atoms in total. The maximum atomic E-state index is 12.4. The van der Waals surface area contributed by atoms with Crippen LogP contribution in [-0.4, -0.2) is 22.5 Å². The standard InChI is InChI=1S/C4Cl2F6O/c5-3(6,10)1(7,8)2(9)4(11,12)13-2. The van der Waals surface area contributed by atoms with Gasteiger partial charge in [0.2, 0.25) is 0 Å². The Morgan fingerprint density at radius 1 is 1.00 bits per heavy atom. The molecule has 0 radical (unpaired) electrons. The van der Waals surface area contributed by atoms with Crippen LogP contribution in [-0.2, 0) is 4.74 Å². The lowest BCUT2D eigenvalue weighted by Gasteiger charge is -2.22. The Morgan fingerprint density at radius 2 is 1.31 bits per heavy atom. The fourth-order valence-electron chi connectivity index (χ4n) is 0.580. The Bertz CT molecular complexity index is 237. The van der Waals surface area contributed by atoms with Gasteiger partial charge in [-0.3, -0.25) is 4.74 Å². The predicted octanol–water partition coefficient (Wildman–Crippen LogP) is 3.01. The van der Waals surface area contributed by atoms with E-state index in [1.807, 2.05) is 0 Å². The van der Waals surface area contributed by atoms with E-state index in [4.69, 9.17) is 0 Å². The molecule has 0 aliphatic carbocycles. The molecule has 1 aliphatic rings. The molecule has 1 aliphatic heterocycles. The average molecular weight is 249 g/mol.